The lowest BCUT2D eigenvalue weighted by Gasteiger charge is -2.40. The average Bonchev–Trinajstić information content (AvgIpc) is 2.87. The second-order valence-electron chi connectivity index (χ2n) is 11.8. The van der Waals surface area contributed by atoms with Crippen LogP contribution in [0.2, 0.25) is 0 Å². The van der Waals surface area contributed by atoms with Gasteiger partial charge in [0.2, 0.25) is 18.2 Å². The second kappa shape index (κ2) is 12.1. The van der Waals surface area contributed by atoms with Gasteiger partial charge < -0.3 is 19.4 Å². The van der Waals surface area contributed by atoms with Crippen LogP contribution in [0.1, 0.15) is 39.2 Å². The van der Waals surface area contributed by atoms with Gasteiger partial charge >= 0.3 is 0 Å². The van der Waals surface area contributed by atoms with Gasteiger partial charge in [0, 0.05) is 64.3 Å². The Labute approximate surface area is 221 Å². The van der Waals surface area contributed by atoms with E-state index in [-0.39, 0.29) is 29.1 Å². The lowest BCUT2D eigenvalue weighted by Crippen LogP contribution is -2.50. The zero-order valence-corrected chi connectivity index (χ0v) is 22.6. The number of para-hydroxylation sites is 1. The summed E-state index contributed by atoms with van der Waals surface area (Å²) in [6.07, 6.45) is 6.32. The summed E-state index contributed by atoms with van der Waals surface area (Å²) in [5.74, 6) is 1.43. The number of carbonyl (C=O) groups is 3. The van der Waals surface area contributed by atoms with Crippen LogP contribution < -0.4 is 4.74 Å². The summed E-state index contributed by atoms with van der Waals surface area (Å²) in [7, 11) is 0. The van der Waals surface area contributed by atoms with Crippen molar-refractivity contribution in [2.45, 2.75) is 40.2 Å². The summed E-state index contributed by atoms with van der Waals surface area (Å²) in [6, 6.07) is 8.07. The maximum Gasteiger partial charge on any atom is 0.236 e. The molecule has 0 N–H and O–H groups in total. The van der Waals surface area contributed by atoms with E-state index in [4.69, 9.17) is 4.74 Å². The first kappa shape index (κ1) is 27.2. The van der Waals surface area contributed by atoms with Gasteiger partial charge in [-0.15, -0.1) is 0 Å². The van der Waals surface area contributed by atoms with Crippen molar-refractivity contribution in [3.8, 4) is 5.75 Å². The minimum atomic E-state index is 0.0543. The normalized spacial score (nSPS) is 24.7. The molecule has 2 atom stereocenters. The molecular formula is C29H42N4O4. The number of hydrogen-bond acceptors (Lipinski definition) is 5. The van der Waals surface area contributed by atoms with E-state index >= 15 is 0 Å². The first-order chi connectivity index (χ1) is 17.7. The first-order valence-corrected chi connectivity index (χ1v) is 13.6. The van der Waals surface area contributed by atoms with Crippen LogP contribution in [-0.2, 0) is 20.9 Å². The van der Waals surface area contributed by atoms with Gasteiger partial charge in [0.1, 0.15) is 12.4 Å². The van der Waals surface area contributed by atoms with E-state index in [1.165, 1.54) is 0 Å². The fraction of sp³-hybridized carbons (Fsp3) is 0.621. The molecule has 0 saturated carbocycles. The van der Waals surface area contributed by atoms with Gasteiger partial charge in [0.15, 0.2) is 0 Å². The molecule has 8 nitrogen and oxygen atoms in total. The van der Waals surface area contributed by atoms with Crippen LogP contribution >= 0.6 is 0 Å². The molecule has 2 bridgehead atoms. The van der Waals surface area contributed by atoms with Gasteiger partial charge in [0.05, 0.1) is 6.54 Å². The Bertz CT molecular complexity index is 980. The molecule has 202 valence electrons. The highest BCUT2D eigenvalue weighted by Gasteiger charge is 2.34. The number of nitrogens with zero attached hydrogens (tertiary/aromatic N) is 4. The zero-order chi connectivity index (χ0) is 26.4. The van der Waals surface area contributed by atoms with Gasteiger partial charge in [-0.25, -0.2) is 0 Å². The molecule has 0 spiro atoms. The third-order valence-electron chi connectivity index (χ3n) is 7.55. The van der Waals surface area contributed by atoms with Crippen LogP contribution in [0, 0.1) is 17.3 Å². The number of ether oxygens (including phenoxy) is 1. The molecule has 0 radical (unpaired) electrons. The topological polar surface area (TPSA) is 73.4 Å². The predicted octanol–water partition coefficient (Wildman–Crippen LogP) is 2.64. The summed E-state index contributed by atoms with van der Waals surface area (Å²) >= 11 is 0. The Kier molecular flexibility index (Phi) is 8.90. The van der Waals surface area contributed by atoms with Crippen molar-refractivity contribution in [3.63, 3.8) is 0 Å². The van der Waals surface area contributed by atoms with E-state index in [0.717, 1.165) is 30.7 Å². The zero-order valence-electron chi connectivity index (χ0n) is 22.6. The van der Waals surface area contributed by atoms with E-state index in [0.29, 0.717) is 65.4 Å². The minimum absolute atomic E-state index is 0.0543. The van der Waals surface area contributed by atoms with E-state index < -0.39 is 0 Å². The van der Waals surface area contributed by atoms with Gasteiger partial charge in [0.25, 0.3) is 0 Å². The van der Waals surface area contributed by atoms with Crippen LogP contribution in [-0.4, -0.2) is 96.8 Å². The molecular weight excluding hydrogens is 468 g/mol. The molecule has 0 aromatic heterocycles. The quantitative estimate of drug-likeness (QED) is 0.460. The fourth-order valence-corrected chi connectivity index (χ4v) is 5.67. The van der Waals surface area contributed by atoms with Crippen molar-refractivity contribution in [3.05, 3.63) is 42.0 Å². The van der Waals surface area contributed by atoms with Crippen molar-refractivity contribution in [1.29, 1.82) is 0 Å². The molecule has 0 unspecified atom stereocenters. The van der Waals surface area contributed by atoms with Crippen molar-refractivity contribution in [2.24, 2.45) is 17.3 Å². The predicted molar refractivity (Wildman–Crippen MR) is 143 cm³/mol. The molecule has 3 amide bonds. The summed E-state index contributed by atoms with van der Waals surface area (Å²) in [4.78, 5) is 45.4. The SMILES string of the molecule is CC(C)(C)CN1CC(=O)N2CC[C@@H](CC(=O)N3CCN(C=O)CC3)[C@@H](/C=C/COc3ccccc3C1)C2. The Balaban J connectivity index is 1.49. The highest BCUT2D eigenvalue weighted by atomic mass is 16.5. The molecule has 2 fully saturated rings. The van der Waals surface area contributed by atoms with Gasteiger partial charge in [-0.1, -0.05) is 51.1 Å². The Hall–Kier alpha value is -2.87. The van der Waals surface area contributed by atoms with E-state index in [2.05, 4.69) is 37.8 Å². The number of benzene rings is 1. The molecule has 8 heteroatoms. The van der Waals surface area contributed by atoms with Gasteiger partial charge in [-0.3, -0.25) is 19.3 Å². The van der Waals surface area contributed by atoms with E-state index in [1.807, 2.05) is 34.1 Å². The second-order valence-corrected chi connectivity index (χ2v) is 11.8. The van der Waals surface area contributed by atoms with Crippen LogP contribution in [0.3, 0.4) is 0 Å². The molecule has 37 heavy (non-hydrogen) atoms. The highest BCUT2D eigenvalue weighted by molar-refractivity contribution is 5.79. The molecule has 3 aliphatic rings. The third kappa shape index (κ3) is 7.57. The lowest BCUT2D eigenvalue weighted by molar-refractivity contribution is -0.138. The van der Waals surface area contributed by atoms with Crippen molar-refractivity contribution >= 4 is 18.2 Å². The van der Waals surface area contributed by atoms with Gasteiger partial charge in [-0.05, 0) is 29.7 Å². The third-order valence-corrected chi connectivity index (χ3v) is 7.55. The number of carbonyl (C=O) groups excluding carboxylic acids is 3. The molecule has 1 aromatic carbocycles. The molecule has 3 aliphatic heterocycles. The summed E-state index contributed by atoms with van der Waals surface area (Å²) in [5, 5.41) is 0. The number of piperazine rings is 1. The molecule has 0 aliphatic carbocycles. The number of piperidine rings is 1. The molecule has 1 aromatic rings. The van der Waals surface area contributed by atoms with E-state index in [9.17, 15) is 14.4 Å². The minimum Gasteiger partial charge on any atom is -0.489 e. The summed E-state index contributed by atoms with van der Waals surface area (Å²) in [6.45, 7) is 12.5. The Morgan fingerprint density at radius 1 is 1.08 bits per heavy atom. The Morgan fingerprint density at radius 3 is 2.57 bits per heavy atom. The first-order valence-electron chi connectivity index (χ1n) is 13.6. The van der Waals surface area contributed by atoms with Crippen LogP contribution in [0.5, 0.6) is 5.75 Å². The number of amides is 3. The fourth-order valence-electron chi connectivity index (χ4n) is 5.67. The highest BCUT2D eigenvalue weighted by Crippen LogP contribution is 2.30. The monoisotopic (exact) mass is 510 g/mol. The van der Waals surface area contributed by atoms with E-state index in [1.54, 1.807) is 4.90 Å². The Morgan fingerprint density at radius 2 is 1.84 bits per heavy atom. The van der Waals surface area contributed by atoms with Crippen LogP contribution in [0.15, 0.2) is 36.4 Å². The number of hydrogen-bond donors (Lipinski definition) is 0. The smallest absolute Gasteiger partial charge is 0.236 e. The molecule has 2 saturated heterocycles. The largest absolute Gasteiger partial charge is 0.489 e. The molecule has 4 rings (SSSR count). The lowest BCUT2D eigenvalue weighted by atomic mass is 9.82. The molecule has 3 heterocycles. The number of rotatable bonds is 4. The standard InChI is InChI=1S/C29H42N4O4/c1-29(2,3)21-31-18-25-7-4-5-9-26(25)37-16-6-8-24-19-33(28(36)20-31)11-10-23(24)17-27(35)32-14-12-30(22-34)13-15-32/h4-9,22-24H,10-21H2,1-3H3/b8-6+/t23-,24-/m0/s1. The number of fused-ring (bicyclic) bond motifs is 3. The van der Waals surface area contributed by atoms with Crippen LogP contribution in [0.25, 0.3) is 0 Å². The van der Waals surface area contributed by atoms with Gasteiger partial charge in [-0.2, -0.15) is 0 Å². The average molecular weight is 511 g/mol. The summed E-state index contributed by atoms with van der Waals surface area (Å²) < 4.78 is 6.16. The van der Waals surface area contributed by atoms with Crippen molar-refractivity contribution in [1.82, 2.24) is 19.6 Å². The maximum atomic E-state index is 13.5. The van der Waals surface area contributed by atoms with Crippen LogP contribution in [0.4, 0.5) is 0 Å². The maximum absolute atomic E-state index is 13.5. The van der Waals surface area contributed by atoms with Crippen molar-refractivity contribution < 1.29 is 19.1 Å². The van der Waals surface area contributed by atoms with Crippen molar-refractivity contribution in [2.75, 3.05) is 59.0 Å². The summed E-state index contributed by atoms with van der Waals surface area (Å²) in [5.41, 5.74) is 1.14.